The standard InChI is InChI=1S/C28H25NO6/c1-17-14-22-24(18(2)19(3)26(30)34-22)23(15-17)35-27(31)25(21-12-8-5-9-13-21)29-28(32)33-16-20-10-6-4-7-11-20/h4-15,25H,16H2,1-3H3,(H,29,32)/t25-/m1/s1. The lowest BCUT2D eigenvalue weighted by Gasteiger charge is -2.19. The van der Waals surface area contributed by atoms with E-state index < -0.39 is 23.7 Å². The molecule has 0 saturated carbocycles. The van der Waals surface area contributed by atoms with E-state index in [1.165, 1.54) is 0 Å². The summed E-state index contributed by atoms with van der Waals surface area (Å²) in [5.41, 5.74) is 3.07. The molecule has 3 aromatic carbocycles. The van der Waals surface area contributed by atoms with Crippen LogP contribution in [0.2, 0.25) is 0 Å². The van der Waals surface area contributed by atoms with Gasteiger partial charge >= 0.3 is 17.7 Å². The Morgan fingerprint density at radius 3 is 2.26 bits per heavy atom. The summed E-state index contributed by atoms with van der Waals surface area (Å²) in [6, 6.07) is 20.3. The molecule has 0 bridgehead atoms. The van der Waals surface area contributed by atoms with Crippen LogP contribution in [-0.2, 0) is 16.1 Å². The fourth-order valence-corrected chi connectivity index (χ4v) is 3.74. The summed E-state index contributed by atoms with van der Waals surface area (Å²) in [5, 5.41) is 3.14. The highest BCUT2D eigenvalue weighted by molar-refractivity contribution is 5.92. The lowest BCUT2D eigenvalue weighted by Crippen LogP contribution is -2.36. The van der Waals surface area contributed by atoms with E-state index in [1.54, 1.807) is 57.2 Å². The zero-order valence-corrected chi connectivity index (χ0v) is 19.7. The van der Waals surface area contributed by atoms with Crippen molar-refractivity contribution in [3.63, 3.8) is 0 Å². The summed E-state index contributed by atoms with van der Waals surface area (Å²) in [5.74, 6) is -0.460. The van der Waals surface area contributed by atoms with E-state index in [0.717, 1.165) is 11.1 Å². The van der Waals surface area contributed by atoms with E-state index in [-0.39, 0.29) is 12.4 Å². The molecule has 0 spiro atoms. The number of benzene rings is 3. The van der Waals surface area contributed by atoms with Crippen LogP contribution < -0.4 is 15.7 Å². The molecular weight excluding hydrogens is 446 g/mol. The van der Waals surface area contributed by atoms with Gasteiger partial charge in [0.15, 0.2) is 6.04 Å². The SMILES string of the molecule is Cc1cc(OC(=O)[C@H](NC(=O)OCc2ccccc2)c2ccccc2)c2c(C)c(C)c(=O)oc2c1. The molecule has 4 rings (SSSR count). The molecular formula is C28H25NO6. The second-order valence-electron chi connectivity index (χ2n) is 8.25. The van der Waals surface area contributed by atoms with Crippen molar-refractivity contribution in [2.24, 2.45) is 0 Å². The van der Waals surface area contributed by atoms with Crippen LogP contribution in [0.3, 0.4) is 0 Å². The minimum atomic E-state index is -1.12. The molecule has 7 nitrogen and oxygen atoms in total. The average Bonchev–Trinajstić information content (AvgIpc) is 2.85. The second kappa shape index (κ2) is 10.3. The van der Waals surface area contributed by atoms with Gasteiger partial charge in [0.25, 0.3) is 0 Å². The van der Waals surface area contributed by atoms with Crippen molar-refractivity contribution < 1.29 is 23.5 Å². The van der Waals surface area contributed by atoms with Crippen LogP contribution in [0.25, 0.3) is 11.0 Å². The molecule has 178 valence electrons. The molecule has 1 aromatic heterocycles. The predicted molar refractivity (Wildman–Crippen MR) is 131 cm³/mol. The molecule has 0 unspecified atom stereocenters. The van der Waals surface area contributed by atoms with Crippen LogP contribution in [0.15, 0.2) is 82.0 Å². The topological polar surface area (TPSA) is 94.8 Å². The predicted octanol–water partition coefficient (Wildman–Crippen LogP) is 5.29. The highest BCUT2D eigenvalue weighted by Crippen LogP contribution is 2.32. The fourth-order valence-electron chi connectivity index (χ4n) is 3.74. The monoisotopic (exact) mass is 471 g/mol. The molecule has 4 aromatic rings. The van der Waals surface area contributed by atoms with Crippen LogP contribution >= 0.6 is 0 Å². The Morgan fingerprint density at radius 2 is 1.57 bits per heavy atom. The van der Waals surface area contributed by atoms with Gasteiger partial charge in [0.2, 0.25) is 0 Å². The van der Waals surface area contributed by atoms with Crippen molar-refractivity contribution in [1.29, 1.82) is 0 Å². The summed E-state index contributed by atoms with van der Waals surface area (Å²) in [7, 11) is 0. The maximum absolute atomic E-state index is 13.4. The van der Waals surface area contributed by atoms with Gasteiger partial charge in [0.05, 0.1) is 5.39 Å². The molecule has 0 aliphatic heterocycles. The summed E-state index contributed by atoms with van der Waals surface area (Å²) in [6.45, 7) is 5.29. The first kappa shape index (κ1) is 23.8. The second-order valence-corrected chi connectivity index (χ2v) is 8.25. The van der Waals surface area contributed by atoms with Crippen LogP contribution in [0.1, 0.15) is 33.9 Å². The molecule has 1 N–H and O–H groups in total. The van der Waals surface area contributed by atoms with Crippen LogP contribution in [0.5, 0.6) is 5.75 Å². The van der Waals surface area contributed by atoms with Gasteiger partial charge in [0, 0.05) is 5.56 Å². The van der Waals surface area contributed by atoms with Crippen LogP contribution in [-0.4, -0.2) is 12.1 Å². The van der Waals surface area contributed by atoms with Gasteiger partial charge < -0.3 is 19.2 Å². The van der Waals surface area contributed by atoms with Gasteiger partial charge in [-0.25, -0.2) is 14.4 Å². The van der Waals surface area contributed by atoms with Crippen molar-refractivity contribution in [2.45, 2.75) is 33.4 Å². The maximum atomic E-state index is 13.4. The summed E-state index contributed by atoms with van der Waals surface area (Å²) >= 11 is 0. The molecule has 0 aliphatic carbocycles. The van der Waals surface area contributed by atoms with Gasteiger partial charge in [-0.05, 0) is 55.2 Å². The first-order valence-electron chi connectivity index (χ1n) is 11.1. The zero-order chi connectivity index (χ0) is 24.9. The third kappa shape index (κ3) is 5.41. The molecule has 1 heterocycles. The third-order valence-corrected chi connectivity index (χ3v) is 5.71. The first-order chi connectivity index (χ1) is 16.8. The van der Waals surface area contributed by atoms with Gasteiger partial charge in [-0.1, -0.05) is 60.7 Å². The number of hydrogen-bond acceptors (Lipinski definition) is 6. The first-order valence-corrected chi connectivity index (χ1v) is 11.1. The van der Waals surface area contributed by atoms with Crippen molar-refractivity contribution in [3.8, 4) is 5.75 Å². The Morgan fingerprint density at radius 1 is 0.914 bits per heavy atom. The number of rotatable bonds is 6. The summed E-state index contributed by atoms with van der Waals surface area (Å²) in [6.07, 6.45) is -0.758. The van der Waals surface area contributed by atoms with Crippen molar-refractivity contribution >= 4 is 23.0 Å². The molecule has 1 amide bonds. The number of ether oxygens (including phenoxy) is 2. The van der Waals surface area contributed by atoms with Crippen molar-refractivity contribution in [3.05, 3.63) is 111 Å². The Kier molecular flexibility index (Phi) is 6.96. The molecule has 1 atom stereocenters. The molecule has 0 aliphatic rings. The van der Waals surface area contributed by atoms with E-state index in [4.69, 9.17) is 13.9 Å². The molecule has 35 heavy (non-hydrogen) atoms. The van der Waals surface area contributed by atoms with Crippen molar-refractivity contribution in [1.82, 2.24) is 5.32 Å². The van der Waals surface area contributed by atoms with Crippen LogP contribution in [0, 0.1) is 20.8 Å². The third-order valence-electron chi connectivity index (χ3n) is 5.71. The maximum Gasteiger partial charge on any atom is 0.408 e. The quantitative estimate of drug-likeness (QED) is 0.233. The lowest BCUT2D eigenvalue weighted by atomic mass is 10.0. The lowest BCUT2D eigenvalue weighted by molar-refractivity contribution is -0.136. The van der Waals surface area contributed by atoms with Gasteiger partial charge in [0.1, 0.15) is 17.9 Å². The molecule has 7 heteroatoms. The van der Waals surface area contributed by atoms with Gasteiger partial charge in [-0.15, -0.1) is 0 Å². The highest BCUT2D eigenvalue weighted by atomic mass is 16.6. The van der Waals surface area contributed by atoms with E-state index >= 15 is 0 Å². The molecule has 0 fully saturated rings. The molecule has 0 saturated heterocycles. The van der Waals surface area contributed by atoms with E-state index in [2.05, 4.69) is 5.32 Å². The normalized spacial score (nSPS) is 11.6. The average molecular weight is 472 g/mol. The fraction of sp³-hybridized carbons (Fsp3) is 0.179. The minimum Gasteiger partial charge on any atom is -0.445 e. The van der Waals surface area contributed by atoms with Crippen LogP contribution in [0.4, 0.5) is 4.79 Å². The highest BCUT2D eigenvalue weighted by Gasteiger charge is 2.27. The van der Waals surface area contributed by atoms with E-state index in [1.807, 2.05) is 36.4 Å². The number of esters is 1. The minimum absolute atomic E-state index is 0.0588. The molecule has 0 radical (unpaired) electrons. The van der Waals surface area contributed by atoms with E-state index in [9.17, 15) is 14.4 Å². The number of amides is 1. The number of aryl methyl sites for hydroxylation is 2. The Labute approximate surface area is 202 Å². The number of carbonyl (C=O) groups is 2. The van der Waals surface area contributed by atoms with Gasteiger partial charge in [-0.3, -0.25) is 0 Å². The largest absolute Gasteiger partial charge is 0.445 e. The number of hydrogen-bond donors (Lipinski definition) is 1. The number of carbonyl (C=O) groups excluding carboxylic acids is 2. The zero-order valence-electron chi connectivity index (χ0n) is 19.7. The Hall–Kier alpha value is -4.39. The smallest absolute Gasteiger partial charge is 0.408 e. The number of fused-ring (bicyclic) bond motifs is 1. The number of alkyl carbamates (subject to hydrolysis) is 1. The Bertz CT molecular complexity index is 1430. The number of nitrogens with one attached hydrogen (secondary N) is 1. The Balaban J connectivity index is 1.62. The van der Waals surface area contributed by atoms with Gasteiger partial charge in [-0.2, -0.15) is 0 Å². The van der Waals surface area contributed by atoms with Crippen molar-refractivity contribution in [2.75, 3.05) is 0 Å². The summed E-state index contributed by atoms with van der Waals surface area (Å²) < 4.78 is 16.5. The van der Waals surface area contributed by atoms with E-state index in [0.29, 0.717) is 27.7 Å². The summed E-state index contributed by atoms with van der Waals surface area (Å²) in [4.78, 5) is 38.1.